The van der Waals surface area contributed by atoms with E-state index in [9.17, 15) is 5.11 Å². The van der Waals surface area contributed by atoms with Crippen LogP contribution in [-0.2, 0) is 21.3 Å². The van der Waals surface area contributed by atoms with Crippen LogP contribution in [0.3, 0.4) is 0 Å². The molecule has 1 aromatic rings. The van der Waals surface area contributed by atoms with Gasteiger partial charge in [0.1, 0.15) is 0 Å². The molecule has 1 N–H and O–H groups in total. The lowest BCUT2D eigenvalue weighted by atomic mass is 9.48. The van der Waals surface area contributed by atoms with Crippen LogP contribution in [0.5, 0.6) is 11.5 Å². The van der Waals surface area contributed by atoms with Gasteiger partial charge in [-0.15, -0.1) is 6.58 Å². The van der Waals surface area contributed by atoms with Crippen LogP contribution in [0.15, 0.2) is 24.8 Å². The topological polar surface area (TPSA) is 60.4 Å². The second-order valence-electron chi connectivity index (χ2n) is 8.79. The molecular formula is C22H27NO5. The van der Waals surface area contributed by atoms with E-state index in [0.29, 0.717) is 26.1 Å². The Kier molecular flexibility index (Phi) is 3.40. The van der Waals surface area contributed by atoms with Crippen LogP contribution in [-0.4, -0.2) is 67.0 Å². The summed E-state index contributed by atoms with van der Waals surface area (Å²) in [6, 6.07) is 4.17. The first kappa shape index (κ1) is 17.3. The summed E-state index contributed by atoms with van der Waals surface area (Å²) in [5.41, 5.74) is 0.961. The van der Waals surface area contributed by atoms with Gasteiger partial charge in [-0.25, -0.2) is 0 Å². The number of hydrogen-bond donors (Lipinski definition) is 1. The molecular weight excluding hydrogens is 358 g/mol. The highest BCUT2D eigenvalue weighted by Gasteiger charge is 2.77. The summed E-state index contributed by atoms with van der Waals surface area (Å²) in [5, 5.41) is 12.3. The summed E-state index contributed by atoms with van der Waals surface area (Å²) in [5.74, 6) is 0.722. The zero-order chi connectivity index (χ0) is 19.1. The second-order valence-corrected chi connectivity index (χ2v) is 8.79. The average molecular weight is 385 g/mol. The molecule has 6 rings (SSSR count). The molecule has 2 aliphatic carbocycles. The quantitative estimate of drug-likeness (QED) is 0.801. The zero-order valence-electron chi connectivity index (χ0n) is 16.3. The maximum absolute atomic E-state index is 12.3. The van der Waals surface area contributed by atoms with Crippen LogP contribution in [0.1, 0.15) is 30.4 Å². The maximum Gasteiger partial charge on any atom is 0.207 e. The number of piperidine rings is 1. The maximum atomic E-state index is 12.3. The molecule has 150 valence electrons. The van der Waals surface area contributed by atoms with E-state index in [2.05, 4.69) is 17.5 Å². The van der Waals surface area contributed by atoms with Gasteiger partial charge in [-0.2, -0.15) is 0 Å². The monoisotopic (exact) mass is 385 g/mol. The third-order valence-corrected chi connectivity index (χ3v) is 7.92. The van der Waals surface area contributed by atoms with Gasteiger partial charge in [-0.3, -0.25) is 4.90 Å². The normalized spacial score (nSPS) is 39.5. The first-order chi connectivity index (χ1) is 13.6. The molecule has 1 aromatic carbocycles. The van der Waals surface area contributed by atoms with E-state index >= 15 is 0 Å². The molecule has 6 nitrogen and oxygen atoms in total. The largest absolute Gasteiger partial charge is 0.493 e. The number of hydrogen-bond acceptors (Lipinski definition) is 6. The molecule has 1 saturated carbocycles. The van der Waals surface area contributed by atoms with Crippen LogP contribution in [0.2, 0.25) is 0 Å². The van der Waals surface area contributed by atoms with E-state index in [0.717, 1.165) is 43.0 Å². The van der Waals surface area contributed by atoms with Gasteiger partial charge in [0, 0.05) is 24.6 Å². The lowest BCUT2D eigenvalue weighted by Crippen LogP contribution is -2.79. The molecule has 4 atom stereocenters. The Bertz CT molecular complexity index is 850. The van der Waals surface area contributed by atoms with Crippen molar-refractivity contribution in [2.45, 2.75) is 54.6 Å². The standard InChI is InChI=1S/C22H27NO5/c1-3-9-23-10-8-20-17-14-4-5-15(25-2)18(17)28-19(20)22(26-11-12-27-22)7-6-21(20,24)16(23)13-14/h3-5,16,19,24H,1,6-13H2,2H3/t16-,19?,20+,21?/m0/s1. The fourth-order valence-electron chi connectivity index (χ4n) is 6.89. The molecule has 2 unspecified atom stereocenters. The summed E-state index contributed by atoms with van der Waals surface area (Å²) in [6.45, 7) is 6.75. The molecule has 0 amide bonds. The van der Waals surface area contributed by atoms with Gasteiger partial charge in [0.15, 0.2) is 17.6 Å². The smallest absolute Gasteiger partial charge is 0.207 e. The summed E-state index contributed by atoms with van der Waals surface area (Å²) in [6.07, 6.45) is 4.47. The Morgan fingerprint density at radius 3 is 2.86 bits per heavy atom. The number of nitrogens with zero attached hydrogens (tertiary/aromatic N) is 1. The number of aliphatic hydroxyl groups is 1. The highest BCUT2D eigenvalue weighted by atomic mass is 16.8. The van der Waals surface area contributed by atoms with Crippen LogP contribution in [0.4, 0.5) is 0 Å². The van der Waals surface area contributed by atoms with Gasteiger partial charge in [-0.05, 0) is 37.4 Å². The predicted octanol–water partition coefficient (Wildman–Crippen LogP) is 1.78. The number of methoxy groups -OCH3 is 1. The highest BCUT2D eigenvalue weighted by molar-refractivity contribution is 5.63. The summed E-state index contributed by atoms with van der Waals surface area (Å²) < 4.78 is 24.6. The lowest BCUT2D eigenvalue weighted by molar-refractivity contribution is -0.296. The Labute approximate surface area is 165 Å². The molecule has 2 bridgehead atoms. The van der Waals surface area contributed by atoms with Crippen molar-refractivity contribution in [1.82, 2.24) is 4.90 Å². The molecule has 3 heterocycles. The first-order valence-electron chi connectivity index (χ1n) is 10.3. The van der Waals surface area contributed by atoms with E-state index < -0.39 is 16.8 Å². The SMILES string of the molecule is C=CCN1CC[C@@]23c4c5ccc(OC)c4OC2C2(CCC3(O)[C@@H]1C5)OCCO2. The van der Waals surface area contributed by atoms with Crippen LogP contribution < -0.4 is 9.47 Å². The number of fused-ring (bicyclic) bond motifs is 1. The van der Waals surface area contributed by atoms with Gasteiger partial charge < -0.3 is 24.1 Å². The number of rotatable bonds is 3. The summed E-state index contributed by atoms with van der Waals surface area (Å²) in [7, 11) is 1.67. The molecule has 0 radical (unpaired) electrons. The van der Waals surface area contributed by atoms with Crippen molar-refractivity contribution < 1.29 is 24.1 Å². The molecule has 3 fully saturated rings. The third-order valence-electron chi connectivity index (χ3n) is 7.92. The molecule has 3 aliphatic heterocycles. The lowest BCUT2D eigenvalue weighted by Gasteiger charge is -2.65. The number of likely N-dealkylation sites (tertiary alicyclic amines) is 1. The fourth-order valence-corrected chi connectivity index (χ4v) is 6.89. The van der Waals surface area contributed by atoms with Crippen molar-refractivity contribution in [2.75, 3.05) is 33.4 Å². The van der Waals surface area contributed by atoms with E-state index in [4.69, 9.17) is 18.9 Å². The van der Waals surface area contributed by atoms with E-state index in [1.807, 2.05) is 12.1 Å². The Hall–Kier alpha value is -1.60. The fraction of sp³-hybridized carbons (Fsp3) is 0.636. The van der Waals surface area contributed by atoms with Crippen molar-refractivity contribution >= 4 is 0 Å². The number of ether oxygens (including phenoxy) is 4. The Morgan fingerprint density at radius 2 is 2.11 bits per heavy atom. The zero-order valence-corrected chi connectivity index (χ0v) is 16.3. The van der Waals surface area contributed by atoms with Crippen LogP contribution in [0, 0.1) is 0 Å². The second kappa shape index (κ2) is 5.51. The summed E-state index contributed by atoms with van der Waals surface area (Å²) in [4.78, 5) is 2.38. The molecule has 0 aromatic heterocycles. The van der Waals surface area contributed by atoms with Crippen molar-refractivity contribution in [2.24, 2.45) is 0 Å². The third kappa shape index (κ3) is 1.75. The highest BCUT2D eigenvalue weighted by Crippen LogP contribution is 2.68. The van der Waals surface area contributed by atoms with Crippen molar-refractivity contribution in [3.63, 3.8) is 0 Å². The van der Waals surface area contributed by atoms with Crippen LogP contribution >= 0.6 is 0 Å². The van der Waals surface area contributed by atoms with Gasteiger partial charge in [-0.1, -0.05) is 12.1 Å². The molecule has 28 heavy (non-hydrogen) atoms. The van der Waals surface area contributed by atoms with Crippen molar-refractivity contribution in [3.05, 3.63) is 35.9 Å². The Balaban J connectivity index is 1.61. The Morgan fingerprint density at radius 1 is 1.29 bits per heavy atom. The first-order valence-corrected chi connectivity index (χ1v) is 10.3. The minimum Gasteiger partial charge on any atom is -0.493 e. The van der Waals surface area contributed by atoms with E-state index in [1.54, 1.807) is 7.11 Å². The van der Waals surface area contributed by atoms with E-state index in [1.165, 1.54) is 5.56 Å². The van der Waals surface area contributed by atoms with Crippen LogP contribution in [0.25, 0.3) is 0 Å². The minimum absolute atomic E-state index is 0.0379. The van der Waals surface area contributed by atoms with E-state index in [-0.39, 0.29) is 12.1 Å². The van der Waals surface area contributed by atoms with Crippen molar-refractivity contribution in [3.8, 4) is 11.5 Å². The molecule has 6 heteroatoms. The summed E-state index contributed by atoms with van der Waals surface area (Å²) >= 11 is 0. The predicted molar refractivity (Wildman–Crippen MR) is 102 cm³/mol. The number of benzene rings is 1. The molecule has 2 saturated heterocycles. The average Bonchev–Trinajstić information content (AvgIpc) is 3.30. The van der Waals surface area contributed by atoms with Crippen molar-refractivity contribution in [1.29, 1.82) is 0 Å². The molecule has 5 aliphatic rings. The van der Waals surface area contributed by atoms with Gasteiger partial charge in [0.25, 0.3) is 0 Å². The van der Waals surface area contributed by atoms with Gasteiger partial charge >= 0.3 is 0 Å². The van der Waals surface area contributed by atoms with Gasteiger partial charge in [0.05, 0.1) is 31.3 Å². The minimum atomic E-state index is -0.885. The van der Waals surface area contributed by atoms with Gasteiger partial charge in [0.2, 0.25) is 5.79 Å². The molecule has 2 spiro atoms.